The molecular weight excluding hydrogens is 470 g/mol. The van der Waals surface area contributed by atoms with Crippen LogP contribution >= 0.6 is 0 Å². The molecule has 3 aromatic carbocycles. The molecule has 186 valence electrons. The Hall–Kier alpha value is -5.03. The third-order valence-electron chi connectivity index (χ3n) is 6.12. The van der Waals surface area contributed by atoms with Gasteiger partial charge < -0.3 is 19.9 Å². The summed E-state index contributed by atoms with van der Waals surface area (Å²) < 4.78 is 15.5. The summed E-state index contributed by atoms with van der Waals surface area (Å²) in [6, 6.07) is 25.7. The fourth-order valence-corrected chi connectivity index (χ4v) is 4.41. The molecule has 1 aliphatic heterocycles. The van der Waals surface area contributed by atoms with E-state index >= 15 is 0 Å². The quantitative estimate of drug-likeness (QED) is 0.505. The van der Waals surface area contributed by atoms with Gasteiger partial charge >= 0.3 is 11.9 Å². The lowest BCUT2D eigenvalue weighted by Gasteiger charge is -2.36. The molecule has 37 heavy (non-hydrogen) atoms. The highest BCUT2D eigenvalue weighted by molar-refractivity contribution is 6.06. The van der Waals surface area contributed by atoms with Crippen LogP contribution in [0, 0.1) is 11.3 Å². The van der Waals surface area contributed by atoms with E-state index in [1.54, 1.807) is 49.6 Å². The minimum atomic E-state index is -0.925. The molecule has 1 unspecified atom stereocenters. The van der Waals surface area contributed by atoms with E-state index < -0.39 is 17.9 Å². The van der Waals surface area contributed by atoms with Crippen LogP contribution in [-0.2, 0) is 19.1 Å². The zero-order chi connectivity index (χ0) is 26.5. The van der Waals surface area contributed by atoms with E-state index in [0.29, 0.717) is 17.0 Å². The molecule has 0 radical (unpaired) electrons. The molecule has 0 aromatic heterocycles. The topological polar surface area (TPSA) is 115 Å². The number of nitriles is 1. The average Bonchev–Trinajstić information content (AvgIpc) is 2.96. The molecule has 0 saturated carbocycles. The molecule has 8 heteroatoms. The van der Waals surface area contributed by atoms with Gasteiger partial charge in [0.05, 0.1) is 44.5 Å². The zero-order valence-corrected chi connectivity index (χ0v) is 20.6. The predicted octanol–water partition coefficient (Wildman–Crippen LogP) is 4.26. The second-order valence-corrected chi connectivity index (χ2v) is 8.12. The normalized spacial score (nSPS) is 15.2. The van der Waals surface area contributed by atoms with Crippen LogP contribution in [0.2, 0.25) is 0 Å². The number of hydrogen-bond acceptors (Lipinski definition) is 8. The Labute approximate surface area is 214 Å². The van der Waals surface area contributed by atoms with E-state index in [1.165, 1.54) is 19.1 Å². The molecular formula is C29H25N3O5. The Morgan fingerprint density at radius 3 is 2.14 bits per heavy atom. The first-order valence-corrected chi connectivity index (χ1v) is 11.3. The first-order valence-electron chi connectivity index (χ1n) is 11.3. The maximum Gasteiger partial charge on any atom is 0.355 e. The lowest BCUT2D eigenvalue weighted by Crippen LogP contribution is -2.40. The minimum Gasteiger partial charge on any atom is -0.497 e. The van der Waals surface area contributed by atoms with Gasteiger partial charge in [-0.3, -0.25) is 4.90 Å². The monoisotopic (exact) mass is 495 g/mol. The van der Waals surface area contributed by atoms with Crippen molar-refractivity contribution >= 4 is 17.6 Å². The maximum atomic E-state index is 13.2. The lowest BCUT2D eigenvalue weighted by atomic mass is 9.81. The Morgan fingerprint density at radius 2 is 1.51 bits per heavy atom. The van der Waals surface area contributed by atoms with E-state index in [4.69, 9.17) is 19.9 Å². The predicted molar refractivity (Wildman–Crippen MR) is 138 cm³/mol. The van der Waals surface area contributed by atoms with Crippen LogP contribution in [0.15, 0.2) is 102 Å². The van der Waals surface area contributed by atoms with Crippen LogP contribution in [0.3, 0.4) is 0 Å². The van der Waals surface area contributed by atoms with Crippen molar-refractivity contribution < 1.29 is 23.8 Å². The molecule has 0 bridgehead atoms. The number of methoxy groups -OCH3 is 3. The summed E-state index contributed by atoms with van der Waals surface area (Å²) in [5.41, 5.74) is 9.25. The molecule has 8 nitrogen and oxygen atoms in total. The fourth-order valence-electron chi connectivity index (χ4n) is 4.41. The molecule has 4 rings (SSSR count). The summed E-state index contributed by atoms with van der Waals surface area (Å²) in [6.45, 7) is 0. The maximum absolute atomic E-state index is 13.2. The van der Waals surface area contributed by atoms with Crippen molar-refractivity contribution in [3.8, 4) is 22.9 Å². The lowest BCUT2D eigenvalue weighted by molar-refractivity contribution is -0.139. The Kier molecular flexibility index (Phi) is 7.26. The molecule has 2 N–H and O–H groups in total. The summed E-state index contributed by atoms with van der Waals surface area (Å²) in [4.78, 5) is 27.8. The number of carbonyl (C=O) groups is 2. The molecule has 0 amide bonds. The first-order chi connectivity index (χ1) is 17.9. The second kappa shape index (κ2) is 10.7. The number of nitrogens with zero attached hydrogens (tertiary/aromatic N) is 2. The van der Waals surface area contributed by atoms with Gasteiger partial charge in [-0.15, -0.1) is 0 Å². The van der Waals surface area contributed by atoms with E-state index in [-0.39, 0.29) is 22.7 Å². The summed E-state index contributed by atoms with van der Waals surface area (Å²) >= 11 is 0. The third kappa shape index (κ3) is 4.62. The van der Waals surface area contributed by atoms with Gasteiger partial charge in [-0.1, -0.05) is 54.6 Å². The van der Waals surface area contributed by atoms with Crippen LogP contribution in [-0.4, -0.2) is 33.3 Å². The van der Waals surface area contributed by atoms with Crippen molar-refractivity contribution in [2.45, 2.75) is 5.92 Å². The van der Waals surface area contributed by atoms with Crippen LogP contribution in [0.1, 0.15) is 11.5 Å². The van der Waals surface area contributed by atoms with Crippen LogP contribution in [0.25, 0.3) is 11.1 Å². The van der Waals surface area contributed by atoms with Crippen molar-refractivity contribution in [3.63, 3.8) is 0 Å². The van der Waals surface area contributed by atoms with Crippen LogP contribution < -0.4 is 15.4 Å². The molecule has 1 heterocycles. The van der Waals surface area contributed by atoms with Gasteiger partial charge in [0, 0.05) is 5.69 Å². The summed E-state index contributed by atoms with van der Waals surface area (Å²) in [7, 11) is 4.02. The van der Waals surface area contributed by atoms with Gasteiger partial charge in [0.1, 0.15) is 17.3 Å². The van der Waals surface area contributed by atoms with Crippen LogP contribution in [0.5, 0.6) is 5.75 Å². The highest BCUT2D eigenvalue weighted by Crippen LogP contribution is 2.43. The van der Waals surface area contributed by atoms with E-state index in [1.807, 2.05) is 36.4 Å². The van der Waals surface area contributed by atoms with Crippen LogP contribution in [0.4, 0.5) is 5.69 Å². The largest absolute Gasteiger partial charge is 0.497 e. The highest BCUT2D eigenvalue weighted by Gasteiger charge is 2.43. The smallest absolute Gasteiger partial charge is 0.355 e. The van der Waals surface area contributed by atoms with E-state index in [0.717, 1.165) is 11.1 Å². The number of esters is 2. The standard InChI is InChI=1S/C29H25N3O5/c1-35-22-14-8-12-20(16-22)19-11-7-13-21(15-19)32-26(29(34)37-3)25(28(33)36-2)24(23(17-30)27(32)31)18-9-5-4-6-10-18/h4-16,24H,31H2,1-3H3. The average molecular weight is 496 g/mol. The SMILES string of the molecule is COC(=O)C1=C(C(=O)OC)N(c2cccc(-c3cccc(OC)c3)c2)C(N)=C(C#N)C1c1ccccc1. The van der Waals surface area contributed by atoms with Gasteiger partial charge in [0.25, 0.3) is 0 Å². The third-order valence-corrected chi connectivity index (χ3v) is 6.12. The molecule has 0 spiro atoms. The van der Waals surface area contributed by atoms with Crippen molar-refractivity contribution in [3.05, 3.63) is 107 Å². The number of nitrogens with two attached hydrogens (primary N) is 1. The van der Waals surface area contributed by atoms with Gasteiger partial charge in [0.15, 0.2) is 0 Å². The summed E-state index contributed by atoms with van der Waals surface area (Å²) in [5.74, 6) is -1.81. The molecule has 0 saturated heterocycles. The first kappa shape index (κ1) is 25.1. The molecule has 0 aliphatic carbocycles. The Morgan fingerprint density at radius 1 is 0.865 bits per heavy atom. The minimum absolute atomic E-state index is 0.00667. The fraction of sp³-hybridized carbons (Fsp3) is 0.138. The number of hydrogen-bond donors (Lipinski definition) is 1. The van der Waals surface area contributed by atoms with Crippen molar-refractivity contribution in [2.75, 3.05) is 26.2 Å². The molecule has 3 aromatic rings. The zero-order valence-electron chi connectivity index (χ0n) is 20.6. The van der Waals surface area contributed by atoms with E-state index in [2.05, 4.69) is 6.07 Å². The Bertz CT molecular complexity index is 1450. The van der Waals surface area contributed by atoms with Gasteiger partial charge in [0.2, 0.25) is 0 Å². The molecule has 1 aliphatic rings. The van der Waals surface area contributed by atoms with Gasteiger partial charge in [-0.05, 0) is 41.0 Å². The number of benzene rings is 3. The van der Waals surface area contributed by atoms with Crippen molar-refractivity contribution in [1.82, 2.24) is 0 Å². The summed E-state index contributed by atoms with van der Waals surface area (Å²) in [6.07, 6.45) is 0. The van der Waals surface area contributed by atoms with Crippen molar-refractivity contribution in [2.24, 2.45) is 5.73 Å². The molecule has 0 fully saturated rings. The number of carbonyl (C=O) groups excluding carboxylic acids is 2. The number of allylic oxidation sites excluding steroid dienone is 1. The van der Waals surface area contributed by atoms with Crippen molar-refractivity contribution in [1.29, 1.82) is 5.26 Å². The number of rotatable bonds is 6. The Balaban J connectivity index is 2.00. The highest BCUT2D eigenvalue weighted by atomic mass is 16.5. The number of anilines is 1. The van der Waals surface area contributed by atoms with Gasteiger partial charge in [-0.25, -0.2) is 9.59 Å². The van der Waals surface area contributed by atoms with E-state index in [9.17, 15) is 14.9 Å². The van der Waals surface area contributed by atoms with Gasteiger partial charge in [-0.2, -0.15) is 5.26 Å². The number of ether oxygens (including phenoxy) is 3. The molecule has 1 atom stereocenters. The second-order valence-electron chi connectivity index (χ2n) is 8.12. The summed E-state index contributed by atoms with van der Waals surface area (Å²) in [5, 5.41) is 10.2.